The van der Waals surface area contributed by atoms with E-state index in [2.05, 4.69) is 33.6 Å². The lowest BCUT2D eigenvalue weighted by atomic mass is 10.0. The number of hydrogen-bond acceptors (Lipinski definition) is 1. The minimum Gasteiger partial charge on any atom is -0.157 e. The molecule has 0 aliphatic rings. The predicted octanol–water partition coefficient (Wildman–Crippen LogP) is 3.34. The lowest BCUT2D eigenvalue weighted by molar-refractivity contribution is 0.648. The highest BCUT2D eigenvalue weighted by Gasteiger charge is 2.12. The Labute approximate surface area is 69.1 Å². The first-order chi connectivity index (χ1) is 4.63. The van der Waals surface area contributed by atoms with Crippen LogP contribution in [0.2, 0.25) is 0 Å². The molecule has 0 aliphatic heterocycles. The maximum Gasteiger partial charge on any atom is 0.0273 e. The monoisotopic (exact) mass is 158 g/mol. The van der Waals surface area contributed by atoms with Crippen molar-refractivity contribution in [3.05, 3.63) is 12.2 Å². The molecule has 0 nitrogen and oxygen atoms in total. The standard InChI is InChI=1S/C9H18S/c1-6-8(4)9(10-5)7(2)3/h7,9H,4,6H2,1-3,5H3. The van der Waals surface area contributed by atoms with E-state index in [1.165, 1.54) is 5.57 Å². The summed E-state index contributed by atoms with van der Waals surface area (Å²) in [5.74, 6) is 0.724. The van der Waals surface area contributed by atoms with Crippen molar-refractivity contribution in [1.82, 2.24) is 0 Å². The summed E-state index contributed by atoms with van der Waals surface area (Å²) in [6.45, 7) is 10.7. The fraction of sp³-hybridized carbons (Fsp3) is 0.778. The van der Waals surface area contributed by atoms with Crippen LogP contribution in [0, 0.1) is 5.92 Å². The summed E-state index contributed by atoms with van der Waals surface area (Å²) in [7, 11) is 0. The summed E-state index contributed by atoms with van der Waals surface area (Å²) in [5.41, 5.74) is 1.38. The molecule has 0 saturated heterocycles. The van der Waals surface area contributed by atoms with Gasteiger partial charge < -0.3 is 0 Å². The summed E-state index contributed by atoms with van der Waals surface area (Å²) in [5, 5.41) is 0.657. The zero-order chi connectivity index (χ0) is 8.15. The summed E-state index contributed by atoms with van der Waals surface area (Å²) >= 11 is 1.91. The first kappa shape index (κ1) is 10.1. The molecule has 0 saturated carbocycles. The second-order valence-electron chi connectivity index (χ2n) is 2.91. The first-order valence-corrected chi connectivity index (χ1v) is 5.12. The molecule has 1 unspecified atom stereocenters. The van der Waals surface area contributed by atoms with E-state index < -0.39 is 0 Å². The molecular weight excluding hydrogens is 140 g/mol. The third-order valence-electron chi connectivity index (χ3n) is 1.72. The third-order valence-corrected chi connectivity index (χ3v) is 3.10. The molecule has 0 aromatic carbocycles. The lowest BCUT2D eigenvalue weighted by Gasteiger charge is -2.19. The molecule has 0 aromatic heterocycles. The highest BCUT2D eigenvalue weighted by molar-refractivity contribution is 7.99. The Hall–Kier alpha value is 0.0900. The average Bonchev–Trinajstić information content (AvgIpc) is 1.88. The van der Waals surface area contributed by atoms with E-state index >= 15 is 0 Å². The van der Waals surface area contributed by atoms with Crippen molar-refractivity contribution < 1.29 is 0 Å². The first-order valence-electron chi connectivity index (χ1n) is 3.83. The molecule has 0 spiro atoms. The zero-order valence-corrected chi connectivity index (χ0v) is 8.29. The van der Waals surface area contributed by atoms with E-state index in [1.807, 2.05) is 11.8 Å². The summed E-state index contributed by atoms with van der Waals surface area (Å²) in [6, 6.07) is 0. The normalized spacial score (nSPS) is 13.7. The van der Waals surface area contributed by atoms with E-state index in [-0.39, 0.29) is 0 Å². The quantitative estimate of drug-likeness (QED) is 0.565. The van der Waals surface area contributed by atoms with Gasteiger partial charge in [0.2, 0.25) is 0 Å². The van der Waals surface area contributed by atoms with Gasteiger partial charge in [0.1, 0.15) is 0 Å². The Kier molecular flexibility index (Phi) is 4.88. The van der Waals surface area contributed by atoms with E-state index in [9.17, 15) is 0 Å². The average molecular weight is 158 g/mol. The van der Waals surface area contributed by atoms with E-state index in [4.69, 9.17) is 0 Å². The topological polar surface area (TPSA) is 0 Å². The molecule has 1 heteroatoms. The lowest BCUT2D eigenvalue weighted by Crippen LogP contribution is -2.12. The van der Waals surface area contributed by atoms with Crippen LogP contribution < -0.4 is 0 Å². The Bertz CT molecular complexity index is 105. The molecule has 10 heavy (non-hydrogen) atoms. The minimum atomic E-state index is 0.657. The van der Waals surface area contributed by atoms with Crippen molar-refractivity contribution in [3.63, 3.8) is 0 Å². The molecule has 0 aliphatic carbocycles. The van der Waals surface area contributed by atoms with Gasteiger partial charge >= 0.3 is 0 Å². The van der Waals surface area contributed by atoms with Crippen LogP contribution in [0.15, 0.2) is 12.2 Å². The zero-order valence-electron chi connectivity index (χ0n) is 7.48. The van der Waals surface area contributed by atoms with Crippen LogP contribution >= 0.6 is 11.8 Å². The van der Waals surface area contributed by atoms with Crippen LogP contribution in [0.4, 0.5) is 0 Å². The van der Waals surface area contributed by atoms with Crippen molar-refractivity contribution in [2.24, 2.45) is 5.92 Å². The fourth-order valence-corrected chi connectivity index (χ4v) is 2.16. The Morgan fingerprint density at radius 2 is 2.00 bits per heavy atom. The number of rotatable bonds is 4. The molecule has 0 N–H and O–H groups in total. The molecule has 0 bridgehead atoms. The van der Waals surface area contributed by atoms with E-state index in [1.54, 1.807) is 0 Å². The smallest absolute Gasteiger partial charge is 0.0273 e. The van der Waals surface area contributed by atoms with Crippen molar-refractivity contribution in [1.29, 1.82) is 0 Å². The Morgan fingerprint density at radius 3 is 2.10 bits per heavy atom. The molecule has 0 amide bonds. The van der Waals surface area contributed by atoms with Crippen LogP contribution in [0.25, 0.3) is 0 Å². The van der Waals surface area contributed by atoms with Crippen LogP contribution in [0.3, 0.4) is 0 Å². The van der Waals surface area contributed by atoms with Gasteiger partial charge in [-0.1, -0.05) is 32.9 Å². The van der Waals surface area contributed by atoms with Gasteiger partial charge in [-0.25, -0.2) is 0 Å². The second-order valence-corrected chi connectivity index (χ2v) is 3.89. The van der Waals surface area contributed by atoms with Crippen LogP contribution in [-0.4, -0.2) is 11.5 Å². The number of hydrogen-bond donors (Lipinski definition) is 0. The maximum atomic E-state index is 4.04. The van der Waals surface area contributed by atoms with Crippen molar-refractivity contribution in [2.75, 3.05) is 6.26 Å². The molecule has 0 fully saturated rings. The van der Waals surface area contributed by atoms with Gasteiger partial charge in [-0.3, -0.25) is 0 Å². The van der Waals surface area contributed by atoms with Gasteiger partial charge in [0, 0.05) is 5.25 Å². The van der Waals surface area contributed by atoms with Gasteiger partial charge in [0.25, 0.3) is 0 Å². The van der Waals surface area contributed by atoms with Gasteiger partial charge in [-0.15, -0.1) is 0 Å². The summed E-state index contributed by atoms with van der Waals surface area (Å²) < 4.78 is 0. The van der Waals surface area contributed by atoms with Crippen molar-refractivity contribution in [2.45, 2.75) is 32.4 Å². The molecule has 1 atom stereocenters. The molecule has 0 aromatic rings. The Balaban J connectivity index is 3.93. The van der Waals surface area contributed by atoms with Crippen LogP contribution in [0.1, 0.15) is 27.2 Å². The molecule has 0 rings (SSSR count). The minimum absolute atomic E-state index is 0.657. The largest absolute Gasteiger partial charge is 0.157 e. The predicted molar refractivity (Wildman–Crippen MR) is 51.6 cm³/mol. The van der Waals surface area contributed by atoms with Crippen LogP contribution in [0.5, 0.6) is 0 Å². The van der Waals surface area contributed by atoms with Gasteiger partial charge in [0.15, 0.2) is 0 Å². The maximum absolute atomic E-state index is 4.04. The van der Waals surface area contributed by atoms with Crippen LogP contribution in [-0.2, 0) is 0 Å². The van der Waals surface area contributed by atoms with Crippen molar-refractivity contribution >= 4 is 11.8 Å². The highest BCUT2D eigenvalue weighted by atomic mass is 32.2. The second kappa shape index (κ2) is 4.84. The number of thioether (sulfide) groups is 1. The van der Waals surface area contributed by atoms with Gasteiger partial charge in [-0.05, 0) is 18.6 Å². The van der Waals surface area contributed by atoms with E-state index in [0.717, 1.165) is 12.3 Å². The van der Waals surface area contributed by atoms with Gasteiger partial charge in [-0.2, -0.15) is 11.8 Å². The molecule has 0 heterocycles. The van der Waals surface area contributed by atoms with Gasteiger partial charge in [0.05, 0.1) is 0 Å². The molecule has 60 valence electrons. The molecule has 0 radical (unpaired) electrons. The van der Waals surface area contributed by atoms with E-state index in [0.29, 0.717) is 5.25 Å². The summed E-state index contributed by atoms with van der Waals surface area (Å²) in [4.78, 5) is 0. The summed E-state index contributed by atoms with van der Waals surface area (Å²) in [6.07, 6.45) is 3.27. The Morgan fingerprint density at radius 1 is 1.50 bits per heavy atom. The SMILES string of the molecule is C=C(CC)C(SC)C(C)C. The fourth-order valence-electron chi connectivity index (χ4n) is 1.11. The third kappa shape index (κ3) is 2.78. The molecular formula is C9H18S. The van der Waals surface area contributed by atoms with Crippen molar-refractivity contribution in [3.8, 4) is 0 Å². The highest BCUT2D eigenvalue weighted by Crippen LogP contribution is 2.24.